The van der Waals surface area contributed by atoms with Crippen LogP contribution in [0.5, 0.6) is 0 Å². The Morgan fingerprint density at radius 1 is 1.13 bits per heavy atom. The number of thiazole rings is 1. The summed E-state index contributed by atoms with van der Waals surface area (Å²) in [5.74, 6) is -1.95. The number of piperidine rings is 1. The summed E-state index contributed by atoms with van der Waals surface area (Å²) in [6.45, 7) is -0.317. The van der Waals surface area contributed by atoms with Gasteiger partial charge in [-0.15, -0.1) is 0 Å². The lowest BCUT2D eigenvalue weighted by molar-refractivity contribution is 0.0202. The molecule has 1 unspecified atom stereocenters. The second kappa shape index (κ2) is 12.1. The highest BCUT2D eigenvalue weighted by atomic mass is 35.5. The number of nitrogens with one attached hydrogen (secondary N) is 1. The molecular weight excluding hydrogens is 682 g/mol. The summed E-state index contributed by atoms with van der Waals surface area (Å²) in [5.41, 5.74) is 1.09. The summed E-state index contributed by atoms with van der Waals surface area (Å²) in [6, 6.07) is 7.64. The number of esters is 1. The molecule has 242 valence electrons. The molecule has 0 spiro atoms. The van der Waals surface area contributed by atoms with Gasteiger partial charge in [0.25, 0.3) is 16.0 Å². The first-order valence-electron chi connectivity index (χ1n) is 14.7. The summed E-state index contributed by atoms with van der Waals surface area (Å²) >= 11 is 14.2. The van der Waals surface area contributed by atoms with Gasteiger partial charge in [-0.2, -0.15) is 8.42 Å². The quantitative estimate of drug-likeness (QED) is 0.151. The second-order valence-electron chi connectivity index (χ2n) is 11.8. The summed E-state index contributed by atoms with van der Waals surface area (Å²) in [6.07, 6.45) is 4.19. The molecule has 2 aliphatic heterocycles. The molecule has 2 bridgehead atoms. The van der Waals surface area contributed by atoms with Crippen molar-refractivity contribution in [2.75, 3.05) is 17.2 Å². The van der Waals surface area contributed by atoms with Crippen LogP contribution < -0.4 is 10.2 Å². The summed E-state index contributed by atoms with van der Waals surface area (Å²) in [7, 11) is -4.25. The zero-order valence-corrected chi connectivity index (χ0v) is 27.2. The van der Waals surface area contributed by atoms with Crippen molar-refractivity contribution in [1.29, 1.82) is 0 Å². The third-order valence-corrected chi connectivity index (χ3v) is 11.0. The van der Waals surface area contributed by atoms with E-state index in [2.05, 4.69) is 20.4 Å². The van der Waals surface area contributed by atoms with Gasteiger partial charge in [-0.25, -0.2) is 14.2 Å². The van der Waals surface area contributed by atoms with Crippen molar-refractivity contribution < 1.29 is 36.2 Å². The molecule has 7 rings (SSSR count). The topological polar surface area (TPSA) is 152 Å². The van der Waals surface area contributed by atoms with E-state index in [1.807, 2.05) is 0 Å². The second-order valence-corrected chi connectivity index (χ2v) is 15.2. The minimum Gasteiger partial charge on any atom is -0.458 e. The molecule has 4 heterocycles. The van der Waals surface area contributed by atoms with Crippen molar-refractivity contribution in [2.45, 2.75) is 62.6 Å². The number of carbonyl (C=O) groups excluding carboxylic acids is 2. The van der Waals surface area contributed by atoms with Crippen molar-refractivity contribution >= 4 is 71.9 Å². The van der Waals surface area contributed by atoms with Gasteiger partial charge in [-0.05, 0) is 49.9 Å². The van der Waals surface area contributed by atoms with Gasteiger partial charge in [0.15, 0.2) is 16.7 Å². The molecule has 16 heteroatoms. The molecule has 46 heavy (non-hydrogen) atoms. The molecule has 1 aliphatic carbocycles. The van der Waals surface area contributed by atoms with E-state index in [0.717, 1.165) is 31.7 Å². The smallest absolute Gasteiger partial charge is 0.344 e. The number of anilines is 1. The minimum atomic E-state index is -4.25. The fraction of sp³-hybridized carbons (Fsp3) is 0.400. The van der Waals surface area contributed by atoms with Crippen LogP contribution >= 0.6 is 34.5 Å². The van der Waals surface area contributed by atoms with Crippen molar-refractivity contribution in [3.63, 3.8) is 0 Å². The molecule has 2 saturated heterocycles. The first-order chi connectivity index (χ1) is 22.0. The van der Waals surface area contributed by atoms with Gasteiger partial charge >= 0.3 is 5.97 Å². The van der Waals surface area contributed by atoms with Gasteiger partial charge in [0, 0.05) is 48.5 Å². The number of rotatable bonds is 9. The van der Waals surface area contributed by atoms with Gasteiger partial charge in [0.2, 0.25) is 0 Å². The maximum absolute atomic E-state index is 15.1. The number of aromatic nitrogens is 2. The largest absolute Gasteiger partial charge is 0.458 e. The predicted octanol–water partition coefficient (Wildman–Crippen LogP) is 6.25. The zero-order chi connectivity index (χ0) is 32.3. The van der Waals surface area contributed by atoms with Crippen molar-refractivity contribution in [2.24, 2.45) is 0 Å². The molecule has 3 atom stereocenters. The van der Waals surface area contributed by atoms with Crippen LogP contribution in [0.4, 0.5) is 9.52 Å². The number of fused-ring (bicyclic) bond motifs is 3. The number of hydrogen-bond donors (Lipinski definition) is 2. The van der Waals surface area contributed by atoms with Crippen LogP contribution in [-0.2, 0) is 14.9 Å². The van der Waals surface area contributed by atoms with E-state index < -0.39 is 33.6 Å². The number of benzene rings is 2. The highest BCUT2D eigenvalue weighted by molar-refractivity contribution is 7.85. The SMILES string of the molecule is O=C(NCCS(=O)(=O)O)c1cc(F)c2nc(N3[C@@H]4CC[C@H]3CC(OC(=O)c3c(-c5c(Cl)cccc5Cl)noc3C3CC3)C4)sc2c1. The number of hydrogen-bond acceptors (Lipinski definition) is 10. The van der Waals surface area contributed by atoms with Crippen LogP contribution in [0.15, 0.2) is 34.9 Å². The molecule has 2 aromatic heterocycles. The Balaban J connectivity index is 1.08. The van der Waals surface area contributed by atoms with Gasteiger partial charge in [0.05, 0.1) is 20.5 Å². The molecule has 2 N–H and O–H groups in total. The third-order valence-electron chi connectivity index (χ3n) is 8.60. The number of carbonyl (C=O) groups is 2. The Morgan fingerprint density at radius 2 is 1.83 bits per heavy atom. The van der Waals surface area contributed by atoms with Crippen LogP contribution in [-0.4, -0.2) is 65.5 Å². The number of ether oxygens (including phenoxy) is 1. The predicted molar refractivity (Wildman–Crippen MR) is 170 cm³/mol. The Morgan fingerprint density at radius 3 is 2.48 bits per heavy atom. The van der Waals surface area contributed by atoms with Crippen molar-refractivity contribution in [1.82, 2.24) is 15.5 Å². The minimum absolute atomic E-state index is 0.00577. The molecule has 2 aromatic carbocycles. The maximum atomic E-state index is 15.1. The van der Waals surface area contributed by atoms with Crippen LogP contribution in [0, 0.1) is 5.82 Å². The lowest BCUT2D eigenvalue weighted by Crippen LogP contribution is -2.46. The number of amides is 1. The molecular formula is C30H27Cl2FN4O7S2. The van der Waals surface area contributed by atoms with Crippen LogP contribution in [0.2, 0.25) is 10.0 Å². The van der Waals surface area contributed by atoms with Crippen LogP contribution in [0.1, 0.15) is 70.9 Å². The first kappa shape index (κ1) is 31.3. The standard InChI is InChI=1S/C30H27Cl2FN4O7S2/c31-19-2-1-3-20(32)23(19)26-24(27(44-36-26)14-4-5-14)29(39)43-18-12-16-6-7-17(13-18)37(16)30-35-25-21(33)10-15(11-22(25)45-30)28(38)34-8-9-46(40,41)42/h1-3,10-11,14,16-18H,4-9,12-13H2,(H,34,38)(H,40,41,42)/t16-,17+,18?. The highest BCUT2D eigenvalue weighted by Gasteiger charge is 2.45. The molecule has 3 aliphatic rings. The third kappa shape index (κ3) is 6.08. The van der Waals surface area contributed by atoms with E-state index >= 15 is 4.39 Å². The van der Waals surface area contributed by atoms with Gasteiger partial charge in [0.1, 0.15) is 22.9 Å². The normalized spacial score (nSPS) is 21.1. The molecule has 4 aromatic rings. The van der Waals surface area contributed by atoms with Crippen molar-refractivity contribution in [3.8, 4) is 11.3 Å². The monoisotopic (exact) mass is 708 g/mol. The van der Waals surface area contributed by atoms with Gasteiger partial charge in [-0.1, -0.05) is 45.8 Å². The van der Waals surface area contributed by atoms with Crippen LogP contribution in [0.25, 0.3) is 21.5 Å². The van der Waals surface area contributed by atoms with E-state index in [9.17, 15) is 18.0 Å². The highest BCUT2D eigenvalue weighted by Crippen LogP contribution is 2.47. The lowest BCUT2D eigenvalue weighted by atomic mass is 9.99. The summed E-state index contributed by atoms with van der Waals surface area (Å²) in [5, 5.41) is 7.87. The average molecular weight is 710 g/mol. The number of halogens is 3. The fourth-order valence-corrected chi connectivity index (χ4v) is 8.48. The Bertz CT molecular complexity index is 1950. The van der Waals surface area contributed by atoms with E-state index in [0.29, 0.717) is 44.0 Å². The van der Waals surface area contributed by atoms with Crippen molar-refractivity contribution in [3.05, 3.63) is 63.1 Å². The molecule has 1 amide bonds. The van der Waals surface area contributed by atoms with E-state index in [1.54, 1.807) is 18.2 Å². The number of nitrogens with zero attached hydrogens (tertiary/aromatic N) is 3. The lowest BCUT2D eigenvalue weighted by Gasteiger charge is -2.38. The van der Waals surface area contributed by atoms with Crippen LogP contribution in [0.3, 0.4) is 0 Å². The zero-order valence-electron chi connectivity index (χ0n) is 24.0. The first-order valence-corrected chi connectivity index (χ1v) is 17.9. The van der Waals surface area contributed by atoms with Gasteiger partial charge in [-0.3, -0.25) is 9.35 Å². The Kier molecular flexibility index (Phi) is 8.20. The Labute approximate surface area is 276 Å². The summed E-state index contributed by atoms with van der Waals surface area (Å²) in [4.78, 5) is 33.0. The molecule has 0 radical (unpaired) electrons. The molecule has 3 fully saturated rings. The fourth-order valence-electron chi connectivity index (χ4n) is 6.38. The maximum Gasteiger partial charge on any atom is 0.344 e. The average Bonchev–Trinajstić information content (AvgIpc) is 3.49. The van der Waals surface area contributed by atoms with E-state index in [-0.39, 0.29) is 53.0 Å². The summed E-state index contributed by atoms with van der Waals surface area (Å²) < 4.78 is 58.0. The van der Waals surface area contributed by atoms with Gasteiger partial charge < -0.3 is 19.5 Å². The molecule has 1 saturated carbocycles. The van der Waals surface area contributed by atoms with E-state index in [4.69, 9.17) is 37.0 Å². The Hall–Kier alpha value is -3.30. The van der Waals surface area contributed by atoms with E-state index in [1.165, 1.54) is 17.4 Å². The molecule has 11 nitrogen and oxygen atoms in total.